The lowest BCUT2D eigenvalue weighted by Gasteiger charge is -2.10. The lowest BCUT2D eigenvalue weighted by molar-refractivity contribution is -0.133. The summed E-state index contributed by atoms with van der Waals surface area (Å²) in [5, 5.41) is -0.782. The van der Waals surface area contributed by atoms with Crippen LogP contribution in [0.3, 0.4) is 0 Å². The van der Waals surface area contributed by atoms with Gasteiger partial charge in [0.05, 0.1) is 19.8 Å². The number of fused-ring (bicyclic) bond motifs is 1. The van der Waals surface area contributed by atoms with Gasteiger partial charge in [-0.05, 0) is 49.8 Å². The van der Waals surface area contributed by atoms with Crippen molar-refractivity contribution in [3.63, 3.8) is 0 Å². The summed E-state index contributed by atoms with van der Waals surface area (Å²) in [5.74, 6) is 1.13. The van der Waals surface area contributed by atoms with Gasteiger partial charge in [0.15, 0.2) is 17.3 Å². The first kappa shape index (κ1) is 19.8. The number of esters is 1. The van der Waals surface area contributed by atoms with Crippen LogP contribution in [-0.4, -0.2) is 31.3 Å². The molecule has 1 aliphatic heterocycles. The maximum absolute atomic E-state index is 12.7. The van der Waals surface area contributed by atoms with E-state index in [9.17, 15) is 9.59 Å². The number of hydrogen-bond acceptors (Lipinski definition) is 6. The molecule has 0 N–H and O–H groups in total. The van der Waals surface area contributed by atoms with E-state index >= 15 is 0 Å². The fourth-order valence-electron chi connectivity index (χ4n) is 2.76. The molecule has 0 amide bonds. The molecule has 6 nitrogen and oxygen atoms in total. The summed E-state index contributed by atoms with van der Waals surface area (Å²) >= 11 is 5.74. The Labute approximate surface area is 167 Å². The minimum Gasteiger partial charge on any atom is -0.493 e. The number of allylic oxidation sites excluding steroid dienone is 1. The lowest BCUT2D eigenvalue weighted by Crippen LogP contribution is -2.18. The van der Waals surface area contributed by atoms with Gasteiger partial charge in [0.1, 0.15) is 16.9 Å². The second-order valence-electron chi connectivity index (χ2n) is 6.16. The zero-order chi connectivity index (χ0) is 20.4. The quantitative estimate of drug-likeness (QED) is 0.323. The molecule has 0 aromatic heterocycles. The third-order valence-corrected chi connectivity index (χ3v) is 4.46. The van der Waals surface area contributed by atoms with Crippen LogP contribution < -0.4 is 18.9 Å². The minimum absolute atomic E-state index is 0.166. The van der Waals surface area contributed by atoms with Crippen LogP contribution in [0, 0.1) is 6.92 Å². The largest absolute Gasteiger partial charge is 0.493 e. The minimum atomic E-state index is -0.782. The molecular formula is C21H19ClO6. The first-order valence-corrected chi connectivity index (χ1v) is 8.95. The number of methoxy groups -OCH3 is 2. The van der Waals surface area contributed by atoms with Crippen molar-refractivity contribution in [1.29, 1.82) is 0 Å². The smallest absolute Gasteiger partial charge is 0.329 e. The Balaban J connectivity index is 1.92. The number of rotatable bonds is 5. The Morgan fingerprint density at radius 1 is 1.11 bits per heavy atom. The summed E-state index contributed by atoms with van der Waals surface area (Å²) in [6.07, 6.45) is 1.62. The van der Waals surface area contributed by atoms with Crippen LogP contribution >= 0.6 is 11.6 Å². The number of ether oxygens (including phenoxy) is 4. The number of benzene rings is 2. The van der Waals surface area contributed by atoms with Gasteiger partial charge in [0, 0.05) is 5.56 Å². The third kappa shape index (κ3) is 3.68. The van der Waals surface area contributed by atoms with Crippen molar-refractivity contribution in [3.05, 3.63) is 52.8 Å². The zero-order valence-electron chi connectivity index (χ0n) is 15.9. The van der Waals surface area contributed by atoms with E-state index < -0.39 is 11.3 Å². The number of hydrogen-bond donors (Lipinski definition) is 0. The van der Waals surface area contributed by atoms with Gasteiger partial charge in [-0.15, -0.1) is 11.6 Å². The van der Waals surface area contributed by atoms with E-state index in [0.717, 1.165) is 0 Å². The molecule has 0 spiro atoms. The summed E-state index contributed by atoms with van der Waals surface area (Å²) in [7, 11) is 3.09. The number of carbonyl (C=O) groups excluding carboxylic acids is 2. The number of alkyl halides is 1. The number of ketones is 1. The highest BCUT2D eigenvalue weighted by atomic mass is 35.5. The van der Waals surface area contributed by atoms with Gasteiger partial charge in [-0.2, -0.15) is 0 Å². The summed E-state index contributed by atoms with van der Waals surface area (Å²) < 4.78 is 21.5. The molecule has 2 aromatic rings. The number of halogens is 1. The van der Waals surface area contributed by atoms with Gasteiger partial charge in [0.2, 0.25) is 5.78 Å². The number of Topliss-reactive ketones (excluding diaryl/α,β-unsaturated/α-hetero) is 1. The lowest BCUT2D eigenvalue weighted by atomic mass is 10.1. The van der Waals surface area contributed by atoms with Crippen LogP contribution in [0.5, 0.6) is 23.0 Å². The molecular weight excluding hydrogens is 384 g/mol. The molecule has 0 saturated heterocycles. The highest BCUT2D eigenvalue weighted by Crippen LogP contribution is 2.40. The van der Waals surface area contributed by atoms with Crippen LogP contribution in [-0.2, 0) is 4.79 Å². The average molecular weight is 403 g/mol. The summed E-state index contributed by atoms with van der Waals surface area (Å²) in [4.78, 5) is 24.4. The van der Waals surface area contributed by atoms with Crippen molar-refractivity contribution in [3.8, 4) is 23.0 Å². The van der Waals surface area contributed by atoms with E-state index in [1.165, 1.54) is 14.0 Å². The van der Waals surface area contributed by atoms with Gasteiger partial charge < -0.3 is 18.9 Å². The fourth-order valence-corrected chi connectivity index (χ4v) is 2.81. The molecule has 1 atom stereocenters. The van der Waals surface area contributed by atoms with Gasteiger partial charge in [-0.1, -0.05) is 6.07 Å². The summed E-state index contributed by atoms with van der Waals surface area (Å²) in [5.41, 5.74) is 1.67. The van der Waals surface area contributed by atoms with Crippen molar-refractivity contribution < 1.29 is 28.5 Å². The van der Waals surface area contributed by atoms with Crippen molar-refractivity contribution in [2.24, 2.45) is 0 Å². The summed E-state index contributed by atoms with van der Waals surface area (Å²) in [6.45, 7) is 3.24. The monoisotopic (exact) mass is 402 g/mol. The SMILES string of the molecule is COc1ccc(/C=C2\Oc3c(ccc(OC(=O)C(C)Cl)c3C)C2=O)cc1OC. The average Bonchev–Trinajstić information content (AvgIpc) is 3.00. The molecule has 1 unspecified atom stereocenters. The van der Waals surface area contributed by atoms with Crippen LogP contribution in [0.4, 0.5) is 0 Å². The van der Waals surface area contributed by atoms with Crippen LogP contribution in [0.15, 0.2) is 36.1 Å². The van der Waals surface area contributed by atoms with Gasteiger partial charge in [-0.3, -0.25) is 9.59 Å². The van der Waals surface area contributed by atoms with E-state index in [4.69, 9.17) is 30.5 Å². The number of carbonyl (C=O) groups is 2. The third-order valence-electron chi connectivity index (χ3n) is 4.28. The van der Waals surface area contributed by atoms with Crippen molar-refractivity contribution in [2.75, 3.05) is 14.2 Å². The molecule has 1 aliphatic rings. The van der Waals surface area contributed by atoms with Gasteiger partial charge in [-0.25, -0.2) is 0 Å². The second-order valence-corrected chi connectivity index (χ2v) is 6.81. The topological polar surface area (TPSA) is 71.1 Å². The Kier molecular flexibility index (Phi) is 5.61. The Morgan fingerprint density at radius 3 is 2.43 bits per heavy atom. The molecule has 3 rings (SSSR count). The predicted octanol–water partition coefficient (Wildman–Crippen LogP) is 4.16. The molecule has 7 heteroatoms. The molecule has 1 heterocycles. The summed E-state index contributed by atoms with van der Waals surface area (Å²) in [6, 6.07) is 8.41. The van der Waals surface area contributed by atoms with Crippen LogP contribution in [0.2, 0.25) is 0 Å². The van der Waals surface area contributed by atoms with Crippen LogP contribution in [0.1, 0.15) is 28.4 Å². The van der Waals surface area contributed by atoms with Crippen molar-refractivity contribution >= 4 is 29.4 Å². The zero-order valence-corrected chi connectivity index (χ0v) is 16.6. The van der Waals surface area contributed by atoms with Crippen molar-refractivity contribution in [2.45, 2.75) is 19.2 Å². The Morgan fingerprint density at radius 2 is 1.79 bits per heavy atom. The van der Waals surface area contributed by atoms with E-state index in [2.05, 4.69) is 0 Å². The maximum atomic E-state index is 12.7. The maximum Gasteiger partial charge on any atom is 0.329 e. The van der Waals surface area contributed by atoms with Crippen molar-refractivity contribution in [1.82, 2.24) is 0 Å². The molecule has 0 radical (unpaired) electrons. The van der Waals surface area contributed by atoms with Crippen LogP contribution in [0.25, 0.3) is 6.08 Å². The van der Waals surface area contributed by atoms with E-state index in [1.807, 2.05) is 0 Å². The molecule has 0 saturated carbocycles. The van der Waals surface area contributed by atoms with E-state index in [-0.39, 0.29) is 11.5 Å². The highest BCUT2D eigenvalue weighted by Gasteiger charge is 2.30. The molecule has 146 valence electrons. The Bertz CT molecular complexity index is 977. The Hall–Kier alpha value is -2.99. The second kappa shape index (κ2) is 7.94. The fraction of sp³-hybridized carbons (Fsp3) is 0.238. The standard InChI is InChI=1S/C21H19ClO6/c1-11-15(28-21(24)12(2)22)8-6-14-19(23)18(27-20(11)14)10-13-5-7-16(25-3)17(9-13)26-4/h5-10,12H,1-4H3/b18-10-. The van der Waals surface area contributed by atoms with Gasteiger partial charge >= 0.3 is 5.97 Å². The predicted molar refractivity (Wildman–Crippen MR) is 105 cm³/mol. The first-order valence-electron chi connectivity index (χ1n) is 8.51. The van der Waals surface area contributed by atoms with Gasteiger partial charge in [0.25, 0.3) is 0 Å². The molecule has 2 aromatic carbocycles. The molecule has 28 heavy (non-hydrogen) atoms. The van der Waals surface area contributed by atoms with E-state index in [1.54, 1.807) is 50.4 Å². The molecule has 0 fully saturated rings. The highest BCUT2D eigenvalue weighted by molar-refractivity contribution is 6.29. The first-order chi connectivity index (χ1) is 13.3. The molecule has 0 bridgehead atoms. The van der Waals surface area contributed by atoms with E-state index in [0.29, 0.717) is 39.7 Å². The molecule has 0 aliphatic carbocycles. The normalized spacial score (nSPS) is 15.0.